The van der Waals surface area contributed by atoms with Crippen LogP contribution in [-0.2, 0) is 11.2 Å². The third-order valence-corrected chi connectivity index (χ3v) is 3.22. The monoisotopic (exact) mass is 229 g/mol. The SMILES string of the molecule is C[C@@H]1CC=C[C@H](CCc2ccccc2)NC1=O. The fourth-order valence-electron chi connectivity index (χ4n) is 2.06. The van der Waals surface area contributed by atoms with Crippen LogP contribution in [0, 0.1) is 5.92 Å². The maximum atomic E-state index is 11.7. The van der Waals surface area contributed by atoms with E-state index in [-0.39, 0.29) is 17.9 Å². The Morgan fingerprint density at radius 3 is 2.82 bits per heavy atom. The van der Waals surface area contributed by atoms with Crippen LogP contribution in [0.25, 0.3) is 0 Å². The molecule has 0 radical (unpaired) electrons. The van der Waals surface area contributed by atoms with Crippen LogP contribution >= 0.6 is 0 Å². The number of aryl methyl sites for hydroxylation is 1. The van der Waals surface area contributed by atoms with Gasteiger partial charge in [-0.1, -0.05) is 49.4 Å². The Kier molecular flexibility index (Phi) is 3.97. The van der Waals surface area contributed by atoms with Gasteiger partial charge >= 0.3 is 0 Å². The second kappa shape index (κ2) is 5.67. The summed E-state index contributed by atoms with van der Waals surface area (Å²) in [6.07, 6.45) is 7.08. The van der Waals surface area contributed by atoms with E-state index in [1.807, 2.05) is 13.0 Å². The molecule has 0 fully saturated rings. The van der Waals surface area contributed by atoms with Gasteiger partial charge in [0.2, 0.25) is 5.91 Å². The zero-order valence-corrected chi connectivity index (χ0v) is 10.2. The predicted molar refractivity (Wildman–Crippen MR) is 69.6 cm³/mol. The predicted octanol–water partition coefficient (Wildman–Crippen LogP) is 2.70. The highest BCUT2D eigenvalue weighted by Gasteiger charge is 2.17. The second-order valence-electron chi connectivity index (χ2n) is 4.70. The first-order valence-corrected chi connectivity index (χ1v) is 6.26. The summed E-state index contributed by atoms with van der Waals surface area (Å²) in [5.41, 5.74) is 1.33. The number of hydrogen-bond acceptors (Lipinski definition) is 1. The first kappa shape index (κ1) is 11.9. The summed E-state index contributed by atoms with van der Waals surface area (Å²) in [6.45, 7) is 1.97. The highest BCUT2D eigenvalue weighted by atomic mass is 16.1. The smallest absolute Gasteiger partial charge is 0.223 e. The first-order valence-electron chi connectivity index (χ1n) is 6.26. The van der Waals surface area contributed by atoms with E-state index in [0.29, 0.717) is 0 Å². The van der Waals surface area contributed by atoms with Crippen molar-refractivity contribution in [2.75, 3.05) is 0 Å². The summed E-state index contributed by atoms with van der Waals surface area (Å²) >= 11 is 0. The topological polar surface area (TPSA) is 29.1 Å². The van der Waals surface area contributed by atoms with Gasteiger partial charge < -0.3 is 5.32 Å². The lowest BCUT2D eigenvalue weighted by Gasteiger charge is -2.14. The summed E-state index contributed by atoms with van der Waals surface area (Å²) in [5.74, 6) is 0.279. The van der Waals surface area contributed by atoms with Gasteiger partial charge in [-0.15, -0.1) is 0 Å². The Labute approximate surface area is 103 Å². The molecule has 0 saturated carbocycles. The van der Waals surface area contributed by atoms with E-state index in [1.165, 1.54) is 5.56 Å². The molecule has 0 aliphatic carbocycles. The lowest BCUT2D eigenvalue weighted by atomic mass is 10.1. The van der Waals surface area contributed by atoms with Gasteiger partial charge in [0.05, 0.1) is 0 Å². The van der Waals surface area contributed by atoms with Crippen molar-refractivity contribution in [3.8, 4) is 0 Å². The van der Waals surface area contributed by atoms with Crippen molar-refractivity contribution in [1.82, 2.24) is 5.32 Å². The molecule has 0 unspecified atom stereocenters. The number of carbonyl (C=O) groups excluding carboxylic acids is 1. The van der Waals surface area contributed by atoms with E-state index in [0.717, 1.165) is 19.3 Å². The van der Waals surface area contributed by atoms with E-state index in [9.17, 15) is 4.79 Å². The summed E-state index contributed by atoms with van der Waals surface area (Å²) in [5, 5.41) is 3.07. The van der Waals surface area contributed by atoms with E-state index in [4.69, 9.17) is 0 Å². The minimum absolute atomic E-state index is 0.105. The lowest BCUT2D eigenvalue weighted by molar-refractivity contribution is -0.124. The number of rotatable bonds is 3. The first-order chi connectivity index (χ1) is 8.25. The second-order valence-corrected chi connectivity index (χ2v) is 4.70. The van der Waals surface area contributed by atoms with Crippen molar-refractivity contribution < 1.29 is 4.79 Å². The molecule has 1 aromatic carbocycles. The summed E-state index contributed by atoms with van der Waals surface area (Å²) < 4.78 is 0. The summed E-state index contributed by atoms with van der Waals surface area (Å²) in [4.78, 5) is 11.7. The Bertz CT molecular complexity index is 397. The van der Waals surface area contributed by atoms with E-state index >= 15 is 0 Å². The van der Waals surface area contributed by atoms with Gasteiger partial charge in [-0.2, -0.15) is 0 Å². The van der Waals surface area contributed by atoms with Crippen molar-refractivity contribution >= 4 is 5.91 Å². The van der Waals surface area contributed by atoms with E-state index in [1.54, 1.807) is 0 Å². The summed E-state index contributed by atoms with van der Waals surface area (Å²) in [6, 6.07) is 10.6. The molecule has 2 rings (SSSR count). The number of allylic oxidation sites excluding steroid dienone is 1. The molecule has 1 aliphatic heterocycles. The summed E-state index contributed by atoms with van der Waals surface area (Å²) in [7, 11) is 0. The Morgan fingerprint density at radius 2 is 2.06 bits per heavy atom. The third kappa shape index (κ3) is 3.45. The zero-order valence-electron chi connectivity index (χ0n) is 10.2. The van der Waals surface area contributed by atoms with Crippen molar-refractivity contribution in [3.63, 3.8) is 0 Å². The van der Waals surface area contributed by atoms with Crippen molar-refractivity contribution in [1.29, 1.82) is 0 Å². The molecule has 2 heteroatoms. The fourth-order valence-corrected chi connectivity index (χ4v) is 2.06. The zero-order chi connectivity index (χ0) is 12.1. The molecule has 1 heterocycles. The van der Waals surface area contributed by atoms with Crippen LogP contribution in [0.15, 0.2) is 42.5 Å². The molecule has 0 saturated heterocycles. The molecule has 1 N–H and O–H groups in total. The van der Waals surface area contributed by atoms with Crippen LogP contribution in [0.2, 0.25) is 0 Å². The molecule has 1 aromatic rings. The normalized spacial score (nSPS) is 24.2. The van der Waals surface area contributed by atoms with Gasteiger partial charge in [0.25, 0.3) is 0 Å². The minimum Gasteiger partial charge on any atom is -0.350 e. The maximum Gasteiger partial charge on any atom is 0.223 e. The van der Waals surface area contributed by atoms with Gasteiger partial charge in [-0.05, 0) is 24.8 Å². The average molecular weight is 229 g/mol. The van der Waals surface area contributed by atoms with Crippen LogP contribution in [0.1, 0.15) is 25.3 Å². The van der Waals surface area contributed by atoms with Gasteiger partial charge in [0.1, 0.15) is 0 Å². The maximum absolute atomic E-state index is 11.7. The van der Waals surface area contributed by atoms with Crippen LogP contribution in [0.5, 0.6) is 0 Å². The van der Waals surface area contributed by atoms with Crippen LogP contribution in [0.4, 0.5) is 0 Å². The van der Waals surface area contributed by atoms with Crippen molar-refractivity contribution in [2.24, 2.45) is 5.92 Å². The number of hydrogen-bond donors (Lipinski definition) is 1. The standard InChI is InChI=1S/C15H19NO/c1-12-6-5-9-14(16-15(12)17)11-10-13-7-3-2-4-8-13/h2-5,7-9,12,14H,6,10-11H2,1H3,(H,16,17)/t12-,14-/m1/s1. The van der Waals surface area contributed by atoms with Crippen LogP contribution in [-0.4, -0.2) is 11.9 Å². The van der Waals surface area contributed by atoms with E-state index < -0.39 is 0 Å². The molecule has 90 valence electrons. The third-order valence-electron chi connectivity index (χ3n) is 3.22. The highest BCUT2D eigenvalue weighted by molar-refractivity contribution is 5.79. The highest BCUT2D eigenvalue weighted by Crippen LogP contribution is 2.12. The molecule has 1 aliphatic rings. The number of carbonyl (C=O) groups is 1. The average Bonchev–Trinajstić information content (AvgIpc) is 2.51. The molecular formula is C15H19NO. The molecular weight excluding hydrogens is 210 g/mol. The fraction of sp³-hybridized carbons (Fsp3) is 0.400. The number of amides is 1. The molecule has 0 bridgehead atoms. The largest absolute Gasteiger partial charge is 0.350 e. The van der Waals surface area contributed by atoms with Crippen LogP contribution < -0.4 is 5.32 Å². The van der Waals surface area contributed by atoms with Gasteiger partial charge in [0, 0.05) is 12.0 Å². The minimum atomic E-state index is 0.105. The molecule has 1 amide bonds. The quantitative estimate of drug-likeness (QED) is 0.793. The van der Waals surface area contributed by atoms with Crippen LogP contribution in [0.3, 0.4) is 0 Å². The number of benzene rings is 1. The van der Waals surface area contributed by atoms with E-state index in [2.05, 4.69) is 41.7 Å². The molecule has 2 atom stereocenters. The van der Waals surface area contributed by atoms with Gasteiger partial charge in [0.15, 0.2) is 0 Å². The van der Waals surface area contributed by atoms with Gasteiger partial charge in [-0.3, -0.25) is 4.79 Å². The number of nitrogens with one attached hydrogen (secondary N) is 1. The van der Waals surface area contributed by atoms with Gasteiger partial charge in [-0.25, -0.2) is 0 Å². The Morgan fingerprint density at radius 1 is 1.29 bits per heavy atom. The molecule has 2 nitrogen and oxygen atoms in total. The molecule has 17 heavy (non-hydrogen) atoms. The van der Waals surface area contributed by atoms with Crippen molar-refractivity contribution in [2.45, 2.75) is 32.2 Å². The lowest BCUT2D eigenvalue weighted by Crippen LogP contribution is -2.35. The Balaban J connectivity index is 1.89. The molecule has 0 aromatic heterocycles. The van der Waals surface area contributed by atoms with Crippen molar-refractivity contribution in [3.05, 3.63) is 48.0 Å². The Hall–Kier alpha value is -1.57. The molecule has 0 spiro atoms.